The molecule has 0 heterocycles. The van der Waals surface area contributed by atoms with E-state index in [0.29, 0.717) is 11.3 Å². The summed E-state index contributed by atoms with van der Waals surface area (Å²) in [5.41, 5.74) is 1.14. The molecule has 0 aliphatic carbocycles. The van der Waals surface area contributed by atoms with Gasteiger partial charge in [0.05, 0.1) is 0 Å². The number of nitrogens with one attached hydrogen (secondary N) is 2. The number of carbonyl (C=O) groups excluding carboxylic acids is 2. The first-order valence-corrected chi connectivity index (χ1v) is 5.87. The topological polar surface area (TPSA) is 58.2 Å². The molecule has 0 fully saturated rings. The Kier molecular flexibility index (Phi) is 5.11. The molecule has 2 N–H and O–H groups in total. The molecule has 0 unspecified atom stereocenters. The summed E-state index contributed by atoms with van der Waals surface area (Å²) in [7, 11) is 0. The maximum atomic E-state index is 11.8. The number of hydrogen-bond donors (Lipinski definition) is 2. The van der Waals surface area contributed by atoms with Crippen LogP contribution in [-0.2, 0) is 4.79 Å². The second kappa shape index (κ2) is 6.59. The normalized spacial score (nSPS) is 10.7. The van der Waals surface area contributed by atoms with Gasteiger partial charge >= 0.3 is 0 Å². The van der Waals surface area contributed by atoms with Crippen LogP contribution in [0.1, 0.15) is 31.1 Å². The molecule has 0 saturated heterocycles. The number of benzene rings is 1. The summed E-state index contributed by atoms with van der Waals surface area (Å²) in [6, 6.07) is 6.93. The summed E-state index contributed by atoms with van der Waals surface area (Å²) < 4.78 is 0. The quantitative estimate of drug-likeness (QED) is 0.801. The van der Waals surface area contributed by atoms with Crippen LogP contribution in [0.2, 0.25) is 0 Å². The lowest BCUT2D eigenvalue weighted by atomic mass is 10.1. The van der Waals surface area contributed by atoms with E-state index >= 15 is 0 Å². The molecule has 18 heavy (non-hydrogen) atoms. The van der Waals surface area contributed by atoms with Gasteiger partial charge in [-0.2, -0.15) is 0 Å². The van der Waals surface area contributed by atoms with Gasteiger partial charge in [0, 0.05) is 17.3 Å². The van der Waals surface area contributed by atoms with Gasteiger partial charge in [-0.3, -0.25) is 9.59 Å². The molecular formula is C14H18N2O2. The Bertz CT molecular complexity index is 465. The van der Waals surface area contributed by atoms with Crippen molar-refractivity contribution >= 4 is 17.5 Å². The van der Waals surface area contributed by atoms with Crippen LogP contribution >= 0.6 is 0 Å². The summed E-state index contributed by atoms with van der Waals surface area (Å²) in [5.74, 6) is -0.356. The van der Waals surface area contributed by atoms with E-state index < -0.39 is 0 Å². The molecule has 0 radical (unpaired) electrons. The third kappa shape index (κ3) is 4.41. The van der Waals surface area contributed by atoms with Crippen molar-refractivity contribution in [2.75, 3.05) is 5.32 Å². The minimum Gasteiger partial charge on any atom is -0.350 e. The summed E-state index contributed by atoms with van der Waals surface area (Å²) >= 11 is 0. The van der Waals surface area contributed by atoms with E-state index in [0.717, 1.165) is 0 Å². The molecule has 4 nitrogen and oxygen atoms in total. The summed E-state index contributed by atoms with van der Waals surface area (Å²) in [6.07, 6.45) is 3.09. The van der Waals surface area contributed by atoms with Crippen molar-refractivity contribution in [3.63, 3.8) is 0 Å². The van der Waals surface area contributed by atoms with Crippen LogP contribution in [0.3, 0.4) is 0 Å². The molecule has 96 valence electrons. The van der Waals surface area contributed by atoms with E-state index in [2.05, 4.69) is 10.6 Å². The van der Waals surface area contributed by atoms with Gasteiger partial charge in [-0.25, -0.2) is 0 Å². The molecule has 0 saturated carbocycles. The fraction of sp³-hybridized carbons (Fsp3) is 0.286. The lowest BCUT2D eigenvalue weighted by Crippen LogP contribution is -2.30. The zero-order chi connectivity index (χ0) is 13.5. The van der Waals surface area contributed by atoms with Crippen molar-refractivity contribution in [3.05, 3.63) is 42.0 Å². The highest BCUT2D eigenvalue weighted by Crippen LogP contribution is 2.10. The fourth-order valence-electron chi connectivity index (χ4n) is 1.42. The molecule has 4 heteroatoms. The average molecular weight is 246 g/mol. The van der Waals surface area contributed by atoms with E-state index in [1.54, 1.807) is 37.3 Å². The van der Waals surface area contributed by atoms with Crippen molar-refractivity contribution < 1.29 is 9.59 Å². The molecular weight excluding hydrogens is 228 g/mol. The Morgan fingerprint density at radius 3 is 2.61 bits per heavy atom. The number of allylic oxidation sites excluding steroid dienone is 1. The van der Waals surface area contributed by atoms with Gasteiger partial charge in [-0.15, -0.1) is 0 Å². The zero-order valence-corrected chi connectivity index (χ0v) is 10.9. The molecule has 0 aliphatic rings. The maximum absolute atomic E-state index is 11.8. The third-order valence-electron chi connectivity index (χ3n) is 2.13. The van der Waals surface area contributed by atoms with Crippen LogP contribution in [0.4, 0.5) is 5.69 Å². The highest BCUT2D eigenvalue weighted by Gasteiger charge is 2.07. The van der Waals surface area contributed by atoms with Gasteiger partial charge in [0.2, 0.25) is 5.91 Å². The summed E-state index contributed by atoms with van der Waals surface area (Å²) in [6.45, 7) is 5.57. The van der Waals surface area contributed by atoms with Crippen molar-refractivity contribution in [1.82, 2.24) is 5.32 Å². The van der Waals surface area contributed by atoms with Crippen LogP contribution < -0.4 is 10.6 Å². The predicted molar refractivity (Wildman–Crippen MR) is 72.5 cm³/mol. The minimum atomic E-state index is -0.209. The first kappa shape index (κ1) is 14.0. The Morgan fingerprint density at radius 2 is 2.00 bits per heavy atom. The van der Waals surface area contributed by atoms with Crippen molar-refractivity contribution in [2.24, 2.45) is 0 Å². The smallest absolute Gasteiger partial charge is 0.251 e. The molecule has 0 spiro atoms. The number of carbonyl (C=O) groups is 2. The highest BCUT2D eigenvalue weighted by atomic mass is 16.2. The van der Waals surface area contributed by atoms with Gasteiger partial charge in [0.1, 0.15) is 0 Å². The SMILES string of the molecule is C/C=C/C(=O)Nc1cccc(C(=O)NC(C)C)c1. The van der Waals surface area contributed by atoms with Gasteiger partial charge in [0.15, 0.2) is 0 Å². The average Bonchev–Trinajstić information content (AvgIpc) is 2.28. The fourth-order valence-corrected chi connectivity index (χ4v) is 1.42. The van der Waals surface area contributed by atoms with Gasteiger partial charge < -0.3 is 10.6 Å². The number of rotatable bonds is 4. The number of hydrogen-bond acceptors (Lipinski definition) is 2. The molecule has 1 aromatic rings. The number of amides is 2. The Balaban J connectivity index is 2.79. The highest BCUT2D eigenvalue weighted by molar-refractivity contribution is 6.01. The van der Waals surface area contributed by atoms with Gasteiger partial charge in [-0.05, 0) is 45.0 Å². The van der Waals surface area contributed by atoms with Gasteiger partial charge in [-0.1, -0.05) is 12.1 Å². The zero-order valence-electron chi connectivity index (χ0n) is 10.9. The largest absolute Gasteiger partial charge is 0.350 e. The Hall–Kier alpha value is -2.10. The van der Waals surface area contributed by atoms with Crippen LogP contribution in [0.5, 0.6) is 0 Å². The Labute approximate surface area is 107 Å². The standard InChI is InChI=1S/C14H18N2O2/c1-4-6-13(17)16-12-8-5-7-11(9-12)14(18)15-10(2)3/h4-10H,1-3H3,(H,15,18)(H,16,17)/b6-4+. The second-order valence-corrected chi connectivity index (χ2v) is 4.20. The first-order chi connectivity index (χ1) is 8.52. The first-order valence-electron chi connectivity index (χ1n) is 5.87. The monoisotopic (exact) mass is 246 g/mol. The van der Waals surface area contributed by atoms with Crippen LogP contribution in [-0.4, -0.2) is 17.9 Å². The minimum absolute atomic E-state index is 0.0822. The Morgan fingerprint density at radius 1 is 1.28 bits per heavy atom. The van der Waals surface area contributed by atoms with Crippen molar-refractivity contribution in [1.29, 1.82) is 0 Å². The summed E-state index contributed by atoms with van der Waals surface area (Å²) in [4.78, 5) is 23.2. The molecule has 0 atom stereocenters. The van der Waals surface area contributed by atoms with E-state index in [1.807, 2.05) is 13.8 Å². The lowest BCUT2D eigenvalue weighted by Gasteiger charge is -2.09. The molecule has 1 rings (SSSR count). The van der Waals surface area contributed by atoms with Crippen LogP contribution in [0, 0.1) is 0 Å². The van der Waals surface area contributed by atoms with E-state index in [1.165, 1.54) is 6.08 Å². The molecule has 0 aromatic heterocycles. The molecule has 2 amide bonds. The molecule has 0 bridgehead atoms. The van der Waals surface area contributed by atoms with E-state index in [9.17, 15) is 9.59 Å². The van der Waals surface area contributed by atoms with Crippen molar-refractivity contribution in [2.45, 2.75) is 26.8 Å². The second-order valence-electron chi connectivity index (χ2n) is 4.20. The third-order valence-corrected chi connectivity index (χ3v) is 2.13. The maximum Gasteiger partial charge on any atom is 0.251 e. The summed E-state index contributed by atoms with van der Waals surface area (Å²) in [5, 5.41) is 5.48. The number of anilines is 1. The van der Waals surface area contributed by atoms with E-state index in [4.69, 9.17) is 0 Å². The van der Waals surface area contributed by atoms with Crippen molar-refractivity contribution in [3.8, 4) is 0 Å². The van der Waals surface area contributed by atoms with Crippen LogP contribution in [0.15, 0.2) is 36.4 Å². The predicted octanol–water partition coefficient (Wildman–Crippen LogP) is 2.34. The molecule has 0 aliphatic heterocycles. The lowest BCUT2D eigenvalue weighted by molar-refractivity contribution is -0.111. The van der Waals surface area contributed by atoms with E-state index in [-0.39, 0.29) is 17.9 Å². The molecule has 1 aromatic carbocycles. The van der Waals surface area contributed by atoms with Gasteiger partial charge in [0.25, 0.3) is 5.91 Å². The van der Waals surface area contributed by atoms with Crippen LogP contribution in [0.25, 0.3) is 0 Å².